The Balaban J connectivity index is 4.83. The van der Waals surface area contributed by atoms with E-state index in [4.69, 9.17) is 5.11 Å². The number of amides is 1. The van der Waals surface area contributed by atoms with Crippen LogP contribution in [0.4, 0.5) is 13.2 Å². The molecular weight excluding hydrogens is 227 g/mol. The van der Waals surface area contributed by atoms with E-state index >= 15 is 0 Å². The lowest BCUT2D eigenvalue weighted by Crippen LogP contribution is -2.56. The molecule has 0 bridgehead atoms. The maximum absolute atomic E-state index is 12.0. The summed E-state index contributed by atoms with van der Waals surface area (Å²) >= 11 is 0. The molecule has 0 radical (unpaired) electrons. The number of halogens is 3. The molecule has 0 spiro atoms. The maximum atomic E-state index is 12.0. The van der Waals surface area contributed by atoms with Crippen molar-refractivity contribution in [1.29, 1.82) is 0 Å². The summed E-state index contributed by atoms with van der Waals surface area (Å²) in [5, 5.41) is 10.3. The highest BCUT2D eigenvalue weighted by atomic mass is 19.4. The third kappa shape index (κ3) is 4.08. The zero-order valence-electron chi connectivity index (χ0n) is 9.18. The molecule has 0 aromatic carbocycles. The first-order valence-corrected chi connectivity index (χ1v) is 4.62. The minimum absolute atomic E-state index is 0.0792. The minimum atomic E-state index is -5.08. The summed E-state index contributed by atoms with van der Waals surface area (Å²) in [5.74, 6) is -3.88. The molecule has 0 aromatic heterocycles. The van der Waals surface area contributed by atoms with Crippen molar-refractivity contribution < 1.29 is 27.9 Å². The fourth-order valence-electron chi connectivity index (χ4n) is 1.33. The van der Waals surface area contributed by atoms with E-state index in [1.165, 1.54) is 5.32 Å². The van der Waals surface area contributed by atoms with Gasteiger partial charge in [0, 0.05) is 0 Å². The van der Waals surface area contributed by atoms with E-state index in [9.17, 15) is 22.8 Å². The molecule has 1 atom stereocenters. The van der Waals surface area contributed by atoms with Gasteiger partial charge >= 0.3 is 18.1 Å². The summed E-state index contributed by atoms with van der Waals surface area (Å²) in [4.78, 5) is 21.5. The molecular formula is C9H14F3NO3. The van der Waals surface area contributed by atoms with Crippen LogP contribution in [0.15, 0.2) is 0 Å². The molecule has 0 saturated carbocycles. The van der Waals surface area contributed by atoms with Gasteiger partial charge < -0.3 is 10.4 Å². The fraction of sp³-hybridized carbons (Fsp3) is 0.778. The van der Waals surface area contributed by atoms with Crippen LogP contribution in [0.25, 0.3) is 0 Å². The van der Waals surface area contributed by atoms with Crippen molar-refractivity contribution in [1.82, 2.24) is 5.32 Å². The predicted molar refractivity (Wildman–Crippen MR) is 49.7 cm³/mol. The number of carbonyl (C=O) groups excluding carboxylic acids is 1. The van der Waals surface area contributed by atoms with Crippen molar-refractivity contribution in [2.45, 2.75) is 38.9 Å². The first-order valence-electron chi connectivity index (χ1n) is 4.62. The highest BCUT2D eigenvalue weighted by Gasteiger charge is 2.45. The molecule has 4 nitrogen and oxygen atoms in total. The number of carboxylic acid groups (broad SMARTS) is 1. The van der Waals surface area contributed by atoms with E-state index in [1.54, 1.807) is 13.8 Å². The number of hydrogen-bond donors (Lipinski definition) is 2. The summed E-state index contributed by atoms with van der Waals surface area (Å²) in [5.41, 5.74) is -1.90. The summed E-state index contributed by atoms with van der Waals surface area (Å²) in [7, 11) is 0. The van der Waals surface area contributed by atoms with Gasteiger partial charge in [0.15, 0.2) is 0 Å². The number of carboxylic acids is 1. The van der Waals surface area contributed by atoms with Gasteiger partial charge in [-0.05, 0) is 19.3 Å². The number of hydrogen-bond acceptors (Lipinski definition) is 2. The molecule has 0 rings (SSSR count). The smallest absolute Gasteiger partial charge is 0.471 e. The van der Waals surface area contributed by atoms with Crippen molar-refractivity contribution in [3.63, 3.8) is 0 Å². The number of nitrogens with one attached hydrogen (secondary N) is 1. The second-order valence-electron chi connectivity index (χ2n) is 4.19. The quantitative estimate of drug-likeness (QED) is 0.784. The number of carbonyl (C=O) groups is 2. The second kappa shape index (κ2) is 4.71. The Hall–Kier alpha value is -1.27. The molecule has 1 unspecified atom stereocenters. The predicted octanol–water partition coefficient (Wildman–Crippen LogP) is 1.55. The third-order valence-corrected chi connectivity index (χ3v) is 1.94. The SMILES string of the molecule is CC(C)CC(C)(NC(=O)C(F)(F)F)C(=O)O. The Morgan fingerprint density at radius 1 is 1.31 bits per heavy atom. The minimum Gasteiger partial charge on any atom is -0.480 e. The fourth-order valence-corrected chi connectivity index (χ4v) is 1.33. The van der Waals surface area contributed by atoms with Gasteiger partial charge in [-0.2, -0.15) is 13.2 Å². The first kappa shape index (κ1) is 14.7. The number of alkyl halides is 3. The van der Waals surface area contributed by atoms with Gasteiger partial charge in [-0.1, -0.05) is 13.8 Å². The van der Waals surface area contributed by atoms with Gasteiger partial charge in [-0.3, -0.25) is 4.79 Å². The van der Waals surface area contributed by atoms with Crippen LogP contribution in [0.3, 0.4) is 0 Å². The topological polar surface area (TPSA) is 66.4 Å². The molecule has 7 heteroatoms. The molecule has 0 heterocycles. The zero-order chi connectivity index (χ0) is 13.1. The van der Waals surface area contributed by atoms with Crippen LogP contribution in [0, 0.1) is 5.92 Å². The lowest BCUT2D eigenvalue weighted by atomic mass is 9.90. The molecule has 2 N–H and O–H groups in total. The molecule has 0 aliphatic carbocycles. The Labute approximate surface area is 90.8 Å². The second-order valence-corrected chi connectivity index (χ2v) is 4.19. The van der Waals surface area contributed by atoms with E-state index in [1.807, 2.05) is 0 Å². The Morgan fingerprint density at radius 3 is 2.00 bits per heavy atom. The van der Waals surface area contributed by atoms with Gasteiger partial charge in [0.05, 0.1) is 0 Å². The molecule has 16 heavy (non-hydrogen) atoms. The molecule has 0 saturated heterocycles. The van der Waals surface area contributed by atoms with Crippen molar-refractivity contribution in [2.75, 3.05) is 0 Å². The molecule has 0 fully saturated rings. The average molecular weight is 241 g/mol. The molecule has 0 aliphatic heterocycles. The maximum Gasteiger partial charge on any atom is 0.471 e. The lowest BCUT2D eigenvalue weighted by molar-refractivity contribution is -0.177. The van der Waals surface area contributed by atoms with E-state index in [2.05, 4.69) is 0 Å². The van der Waals surface area contributed by atoms with E-state index < -0.39 is 23.6 Å². The van der Waals surface area contributed by atoms with Crippen LogP contribution in [-0.2, 0) is 9.59 Å². The van der Waals surface area contributed by atoms with Crippen molar-refractivity contribution >= 4 is 11.9 Å². The summed E-state index contributed by atoms with van der Waals surface area (Å²) < 4.78 is 35.9. The van der Waals surface area contributed by atoms with E-state index in [0.717, 1.165) is 6.92 Å². The van der Waals surface area contributed by atoms with Crippen molar-refractivity contribution in [2.24, 2.45) is 5.92 Å². The van der Waals surface area contributed by atoms with Crippen LogP contribution in [0.2, 0.25) is 0 Å². The van der Waals surface area contributed by atoms with Crippen molar-refractivity contribution in [3.8, 4) is 0 Å². The molecule has 0 aliphatic rings. The Bertz CT molecular complexity index is 288. The monoisotopic (exact) mass is 241 g/mol. The normalized spacial score (nSPS) is 15.7. The Morgan fingerprint density at radius 2 is 1.75 bits per heavy atom. The third-order valence-electron chi connectivity index (χ3n) is 1.94. The van der Waals surface area contributed by atoms with E-state index in [-0.39, 0.29) is 12.3 Å². The van der Waals surface area contributed by atoms with Crippen molar-refractivity contribution in [3.05, 3.63) is 0 Å². The lowest BCUT2D eigenvalue weighted by Gasteiger charge is -2.28. The summed E-state index contributed by atoms with van der Waals surface area (Å²) in [6.07, 6.45) is -5.15. The molecule has 1 amide bonds. The summed E-state index contributed by atoms with van der Waals surface area (Å²) in [6, 6.07) is 0. The standard InChI is InChI=1S/C9H14F3NO3/c1-5(2)4-8(3,7(15)16)13-6(14)9(10,11)12/h5H,4H2,1-3H3,(H,13,14)(H,15,16). The van der Waals surface area contributed by atoms with Gasteiger partial charge in [0.1, 0.15) is 5.54 Å². The van der Waals surface area contributed by atoms with Crippen LogP contribution in [0.5, 0.6) is 0 Å². The molecule has 94 valence electrons. The van der Waals surface area contributed by atoms with Gasteiger partial charge in [0.25, 0.3) is 0 Å². The van der Waals surface area contributed by atoms with Crippen LogP contribution in [0.1, 0.15) is 27.2 Å². The summed E-state index contributed by atoms with van der Waals surface area (Å²) in [6.45, 7) is 4.36. The molecule has 0 aromatic rings. The Kier molecular flexibility index (Phi) is 4.34. The van der Waals surface area contributed by atoms with Crippen LogP contribution < -0.4 is 5.32 Å². The van der Waals surface area contributed by atoms with Gasteiger partial charge in [-0.25, -0.2) is 4.79 Å². The van der Waals surface area contributed by atoms with Crippen LogP contribution >= 0.6 is 0 Å². The van der Waals surface area contributed by atoms with Gasteiger partial charge in [-0.15, -0.1) is 0 Å². The van der Waals surface area contributed by atoms with Gasteiger partial charge in [0.2, 0.25) is 0 Å². The highest BCUT2D eigenvalue weighted by Crippen LogP contribution is 2.21. The average Bonchev–Trinajstić information content (AvgIpc) is 1.99. The first-order chi connectivity index (χ1) is 6.99. The number of aliphatic carboxylic acids is 1. The largest absolute Gasteiger partial charge is 0.480 e. The van der Waals surface area contributed by atoms with E-state index in [0.29, 0.717) is 0 Å². The van der Waals surface area contributed by atoms with Crippen LogP contribution in [-0.4, -0.2) is 28.7 Å². The highest BCUT2D eigenvalue weighted by molar-refractivity contribution is 5.89. The zero-order valence-corrected chi connectivity index (χ0v) is 9.18. The number of rotatable bonds is 4.